The van der Waals surface area contributed by atoms with Crippen molar-refractivity contribution in [3.63, 3.8) is 0 Å². The summed E-state index contributed by atoms with van der Waals surface area (Å²) in [6.45, 7) is 1.59. The molecule has 2 aromatic rings. The van der Waals surface area contributed by atoms with Crippen molar-refractivity contribution in [3.8, 4) is 0 Å². The Morgan fingerprint density at radius 1 is 1.25 bits per heavy atom. The van der Waals surface area contributed by atoms with Crippen LogP contribution in [0.15, 0.2) is 12.1 Å². The smallest absolute Gasteiger partial charge is 0.124 e. The van der Waals surface area contributed by atoms with Crippen LogP contribution in [0.1, 0.15) is 25.1 Å². The first-order valence-corrected chi connectivity index (χ1v) is 8.00. The molecule has 1 unspecified atom stereocenters. The van der Waals surface area contributed by atoms with Crippen LogP contribution in [0, 0.1) is 0 Å². The fraction of sp³-hybridized carbons (Fsp3) is 0.500. The van der Waals surface area contributed by atoms with Crippen molar-refractivity contribution in [3.05, 3.63) is 28.0 Å². The molecule has 2 heterocycles. The molecule has 0 spiro atoms. The Hall–Kier alpha value is -0.480. The summed E-state index contributed by atoms with van der Waals surface area (Å²) < 4.78 is 7.90. The number of alkyl halides is 1. The minimum Gasteiger partial charge on any atom is -0.376 e. The molecule has 0 saturated carbocycles. The zero-order chi connectivity index (χ0) is 14.1. The second-order valence-electron chi connectivity index (χ2n) is 5.02. The van der Waals surface area contributed by atoms with E-state index in [1.165, 1.54) is 6.42 Å². The molecule has 20 heavy (non-hydrogen) atoms. The van der Waals surface area contributed by atoms with E-state index in [4.69, 9.17) is 39.5 Å². The highest BCUT2D eigenvalue weighted by Gasteiger charge is 2.19. The van der Waals surface area contributed by atoms with Gasteiger partial charge < -0.3 is 9.30 Å². The second-order valence-corrected chi connectivity index (χ2v) is 6.10. The van der Waals surface area contributed by atoms with Crippen LogP contribution in [-0.4, -0.2) is 22.3 Å². The summed E-state index contributed by atoms with van der Waals surface area (Å²) in [4.78, 5) is 4.53. The van der Waals surface area contributed by atoms with Gasteiger partial charge in [0.25, 0.3) is 0 Å². The van der Waals surface area contributed by atoms with Gasteiger partial charge in [-0.2, -0.15) is 0 Å². The van der Waals surface area contributed by atoms with Crippen molar-refractivity contribution in [2.45, 2.75) is 37.8 Å². The summed E-state index contributed by atoms with van der Waals surface area (Å²) in [5.41, 5.74) is 1.79. The monoisotopic (exact) mass is 332 g/mol. The van der Waals surface area contributed by atoms with Gasteiger partial charge in [-0.1, -0.05) is 23.2 Å². The van der Waals surface area contributed by atoms with E-state index < -0.39 is 0 Å². The van der Waals surface area contributed by atoms with E-state index in [0.29, 0.717) is 15.9 Å². The number of hydrogen-bond acceptors (Lipinski definition) is 2. The van der Waals surface area contributed by atoms with Crippen molar-refractivity contribution < 1.29 is 4.74 Å². The quantitative estimate of drug-likeness (QED) is 0.764. The number of nitrogens with zero attached hydrogens (tertiary/aromatic N) is 2. The number of rotatable bonds is 3. The molecule has 0 aliphatic carbocycles. The first-order valence-electron chi connectivity index (χ1n) is 6.71. The van der Waals surface area contributed by atoms with Crippen molar-refractivity contribution in [1.82, 2.24) is 9.55 Å². The fourth-order valence-corrected chi connectivity index (χ4v) is 3.15. The maximum atomic E-state index is 6.12. The molecule has 1 aromatic heterocycles. The Balaban J connectivity index is 2.00. The van der Waals surface area contributed by atoms with E-state index in [2.05, 4.69) is 9.55 Å². The standard InChI is InChI=1S/C14H15Cl3N2O/c15-7-14-18-12-5-10(16)11(17)6-13(12)19(14)8-9-3-1-2-4-20-9/h5-6,9H,1-4,7-8H2. The molecule has 0 N–H and O–H groups in total. The molecular weight excluding hydrogens is 319 g/mol. The highest BCUT2D eigenvalue weighted by molar-refractivity contribution is 6.42. The Kier molecular flexibility index (Phi) is 4.41. The van der Waals surface area contributed by atoms with Gasteiger partial charge in [0.05, 0.1) is 39.6 Å². The lowest BCUT2D eigenvalue weighted by Crippen LogP contribution is -2.25. The minimum atomic E-state index is 0.220. The number of fused-ring (bicyclic) bond motifs is 1. The van der Waals surface area contributed by atoms with Gasteiger partial charge in [-0.25, -0.2) is 4.98 Å². The van der Waals surface area contributed by atoms with Gasteiger partial charge in [0.1, 0.15) is 5.82 Å². The molecule has 108 valence electrons. The molecule has 1 aliphatic heterocycles. The van der Waals surface area contributed by atoms with E-state index >= 15 is 0 Å². The van der Waals surface area contributed by atoms with Crippen LogP contribution in [0.4, 0.5) is 0 Å². The summed E-state index contributed by atoms with van der Waals surface area (Å²) in [6, 6.07) is 3.64. The predicted octanol–water partition coefficient (Wildman–Crippen LogP) is 4.65. The van der Waals surface area contributed by atoms with Gasteiger partial charge in [-0.15, -0.1) is 11.6 Å². The lowest BCUT2D eigenvalue weighted by molar-refractivity contribution is 0.00627. The third kappa shape index (κ3) is 2.77. The Morgan fingerprint density at radius 3 is 2.75 bits per heavy atom. The van der Waals surface area contributed by atoms with E-state index in [1.54, 1.807) is 6.07 Å². The third-order valence-electron chi connectivity index (χ3n) is 3.65. The minimum absolute atomic E-state index is 0.220. The molecule has 1 atom stereocenters. The van der Waals surface area contributed by atoms with Crippen molar-refractivity contribution >= 4 is 45.8 Å². The predicted molar refractivity (Wildman–Crippen MR) is 82.9 cm³/mol. The highest BCUT2D eigenvalue weighted by Crippen LogP contribution is 2.29. The maximum Gasteiger partial charge on any atom is 0.124 e. The number of halogens is 3. The largest absolute Gasteiger partial charge is 0.376 e. The molecule has 1 fully saturated rings. The van der Waals surface area contributed by atoms with Gasteiger partial charge in [-0.05, 0) is 31.4 Å². The highest BCUT2D eigenvalue weighted by atomic mass is 35.5. The van der Waals surface area contributed by atoms with Crippen LogP contribution in [0.5, 0.6) is 0 Å². The number of hydrogen-bond donors (Lipinski definition) is 0. The molecule has 0 radical (unpaired) electrons. The second kappa shape index (κ2) is 6.10. The van der Waals surface area contributed by atoms with E-state index in [-0.39, 0.29) is 6.10 Å². The molecular formula is C14H15Cl3N2O. The Morgan fingerprint density at radius 2 is 2.05 bits per heavy atom. The molecule has 1 aliphatic rings. The number of benzene rings is 1. The third-order valence-corrected chi connectivity index (χ3v) is 4.61. The fourth-order valence-electron chi connectivity index (χ4n) is 2.63. The zero-order valence-electron chi connectivity index (χ0n) is 10.9. The zero-order valence-corrected chi connectivity index (χ0v) is 13.2. The van der Waals surface area contributed by atoms with Crippen LogP contribution in [0.3, 0.4) is 0 Å². The van der Waals surface area contributed by atoms with Crippen molar-refractivity contribution in [2.75, 3.05) is 6.61 Å². The first-order chi connectivity index (χ1) is 9.69. The summed E-state index contributed by atoms with van der Waals surface area (Å²) >= 11 is 18.2. The lowest BCUT2D eigenvalue weighted by Gasteiger charge is -2.23. The normalized spacial score (nSPS) is 19.6. The summed E-state index contributed by atoms with van der Waals surface area (Å²) in [7, 11) is 0. The number of aromatic nitrogens is 2. The molecule has 0 bridgehead atoms. The molecule has 1 aromatic carbocycles. The molecule has 0 amide bonds. The van der Waals surface area contributed by atoms with Gasteiger partial charge in [-0.3, -0.25) is 0 Å². The lowest BCUT2D eigenvalue weighted by atomic mass is 10.1. The van der Waals surface area contributed by atoms with E-state index in [0.717, 1.165) is 42.9 Å². The van der Waals surface area contributed by atoms with Crippen LogP contribution < -0.4 is 0 Å². The SMILES string of the molecule is ClCc1nc2cc(Cl)c(Cl)cc2n1CC1CCCCO1. The van der Waals surface area contributed by atoms with Crippen LogP contribution in [-0.2, 0) is 17.2 Å². The number of imidazole rings is 1. The topological polar surface area (TPSA) is 27.1 Å². The van der Waals surface area contributed by atoms with Crippen molar-refractivity contribution in [2.24, 2.45) is 0 Å². The Labute approximate surface area is 132 Å². The maximum absolute atomic E-state index is 6.12. The molecule has 1 saturated heterocycles. The summed E-state index contributed by atoms with van der Waals surface area (Å²) in [5.74, 6) is 1.19. The molecule has 3 nitrogen and oxygen atoms in total. The van der Waals surface area contributed by atoms with Gasteiger partial charge >= 0.3 is 0 Å². The Bertz CT molecular complexity index is 620. The average molecular weight is 334 g/mol. The van der Waals surface area contributed by atoms with Crippen molar-refractivity contribution in [1.29, 1.82) is 0 Å². The molecule has 3 rings (SSSR count). The average Bonchev–Trinajstić information content (AvgIpc) is 2.78. The van der Waals surface area contributed by atoms with Crippen LogP contribution in [0.25, 0.3) is 11.0 Å². The van der Waals surface area contributed by atoms with Crippen LogP contribution >= 0.6 is 34.8 Å². The van der Waals surface area contributed by atoms with Gasteiger partial charge in [0, 0.05) is 6.61 Å². The molecule has 6 heteroatoms. The first kappa shape index (κ1) is 14.5. The van der Waals surface area contributed by atoms with E-state index in [1.807, 2.05) is 6.07 Å². The summed E-state index contributed by atoms with van der Waals surface area (Å²) in [5, 5.41) is 1.05. The van der Waals surface area contributed by atoms with E-state index in [9.17, 15) is 0 Å². The number of ether oxygens (including phenoxy) is 1. The summed E-state index contributed by atoms with van der Waals surface area (Å²) in [6.07, 6.45) is 3.64. The van der Waals surface area contributed by atoms with Gasteiger partial charge in [0.2, 0.25) is 0 Å². The van der Waals surface area contributed by atoms with Crippen LogP contribution in [0.2, 0.25) is 10.0 Å². The van der Waals surface area contributed by atoms with Gasteiger partial charge in [0.15, 0.2) is 0 Å².